The minimum Gasteiger partial charge on any atom is -0.459 e. The number of carbonyl (C=O) groups is 2. The zero-order valence-corrected chi connectivity index (χ0v) is 21.2. The van der Waals surface area contributed by atoms with Gasteiger partial charge < -0.3 is 15.4 Å². The number of esters is 1. The van der Waals surface area contributed by atoms with Gasteiger partial charge in [-0.15, -0.1) is 11.3 Å². The van der Waals surface area contributed by atoms with Crippen LogP contribution >= 0.6 is 11.3 Å². The number of nitrogens with zero attached hydrogens (tertiary/aromatic N) is 2. The zero-order valence-electron chi connectivity index (χ0n) is 20.4. The number of benzene rings is 1. The van der Waals surface area contributed by atoms with Crippen molar-refractivity contribution >= 4 is 34.0 Å². The first-order valence-corrected chi connectivity index (χ1v) is 13.1. The molecule has 0 radical (unpaired) electrons. The van der Waals surface area contributed by atoms with E-state index in [0.717, 1.165) is 40.6 Å². The van der Waals surface area contributed by atoms with Crippen LogP contribution in [0.1, 0.15) is 81.9 Å². The molecule has 1 aliphatic heterocycles. The monoisotopic (exact) mass is 532 g/mol. The number of amides is 1. The van der Waals surface area contributed by atoms with E-state index in [4.69, 9.17) is 4.74 Å². The number of aromatic nitrogens is 2. The second-order valence-electron chi connectivity index (χ2n) is 9.58. The number of aryl methyl sites for hydroxylation is 1. The van der Waals surface area contributed by atoms with Crippen LogP contribution in [0.2, 0.25) is 0 Å². The molecule has 3 aromatic rings. The van der Waals surface area contributed by atoms with Crippen molar-refractivity contribution in [2.75, 3.05) is 10.6 Å². The minimum absolute atomic E-state index is 0.00689. The van der Waals surface area contributed by atoms with Gasteiger partial charge in [-0.25, -0.2) is 9.48 Å². The maximum absolute atomic E-state index is 14.0. The number of nitrogens with one attached hydrogen (secondary N) is 2. The first kappa shape index (κ1) is 25.3. The average Bonchev–Trinajstić information content (AvgIpc) is 3.44. The fourth-order valence-corrected chi connectivity index (χ4v) is 6.22. The van der Waals surface area contributed by atoms with Gasteiger partial charge >= 0.3 is 12.1 Å². The highest BCUT2D eigenvalue weighted by Gasteiger charge is 2.47. The number of carbonyl (C=O) groups excluding carboxylic acids is 2. The number of anilines is 2. The number of alkyl halides is 3. The van der Waals surface area contributed by atoms with Crippen molar-refractivity contribution in [3.8, 4) is 0 Å². The highest BCUT2D eigenvalue weighted by atomic mass is 32.1. The molecule has 0 saturated heterocycles. The first-order chi connectivity index (χ1) is 17.6. The van der Waals surface area contributed by atoms with Crippen LogP contribution in [-0.4, -0.2) is 33.9 Å². The molecule has 2 atom stereocenters. The topological polar surface area (TPSA) is 85.2 Å². The van der Waals surface area contributed by atoms with Crippen LogP contribution in [0.4, 0.5) is 24.0 Å². The van der Waals surface area contributed by atoms with Crippen LogP contribution in [-0.2, 0) is 17.6 Å². The molecule has 2 aromatic heterocycles. The zero-order chi connectivity index (χ0) is 26.3. The van der Waals surface area contributed by atoms with Gasteiger partial charge in [-0.05, 0) is 50.7 Å². The van der Waals surface area contributed by atoms with E-state index in [2.05, 4.69) is 15.7 Å². The molecule has 2 N–H and O–H groups in total. The van der Waals surface area contributed by atoms with Crippen molar-refractivity contribution in [2.45, 2.75) is 70.3 Å². The lowest BCUT2D eigenvalue weighted by atomic mass is 9.95. The third kappa shape index (κ3) is 4.96. The fraction of sp³-hybridized carbons (Fsp3) is 0.423. The summed E-state index contributed by atoms with van der Waals surface area (Å²) in [7, 11) is 0. The lowest BCUT2D eigenvalue weighted by Crippen LogP contribution is -2.36. The predicted octanol–water partition coefficient (Wildman–Crippen LogP) is 6.30. The van der Waals surface area contributed by atoms with Crippen molar-refractivity contribution in [1.82, 2.24) is 9.78 Å². The van der Waals surface area contributed by atoms with Gasteiger partial charge in [0.05, 0.1) is 23.9 Å². The highest BCUT2D eigenvalue weighted by Crippen LogP contribution is 2.45. The normalized spacial score (nSPS) is 19.1. The van der Waals surface area contributed by atoms with Crippen LogP contribution in [0, 0.1) is 0 Å². The largest absolute Gasteiger partial charge is 0.459 e. The number of thiophene rings is 1. The van der Waals surface area contributed by atoms with Crippen molar-refractivity contribution < 1.29 is 27.5 Å². The van der Waals surface area contributed by atoms with Gasteiger partial charge in [0.1, 0.15) is 16.4 Å². The number of halogens is 3. The first-order valence-electron chi connectivity index (χ1n) is 12.3. The molecule has 1 aliphatic carbocycles. The van der Waals surface area contributed by atoms with Crippen LogP contribution < -0.4 is 10.6 Å². The molecule has 11 heteroatoms. The van der Waals surface area contributed by atoms with E-state index in [1.807, 2.05) is 0 Å². The molecule has 0 fully saturated rings. The van der Waals surface area contributed by atoms with Crippen molar-refractivity contribution in [3.05, 3.63) is 63.7 Å². The van der Waals surface area contributed by atoms with Gasteiger partial charge in [-0.1, -0.05) is 30.3 Å². The molecule has 196 valence electrons. The van der Waals surface area contributed by atoms with Crippen LogP contribution in [0.3, 0.4) is 0 Å². The lowest BCUT2D eigenvalue weighted by Gasteiger charge is -2.34. The van der Waals surface area contributed by atoms with Gasteiger partial charge in [0.2, 0.25) is 0 Å². The van der Waals surface area contributed by atoms with Crippen molar-refractivity contribution in [1.29, 1.82) is 0 Å². The Morgan fingerprint density at radius 2 is 1.92 bits per heavy atom. The van der Waals surface area contributed by atoms with Crippen LogP contribution in [0.15, 0.2) is 36.5 Å². The summed E-state index contributed by atoms with van der Waals surface area (Å²) in [5.41, 5.74) is 1.88. The SMILES string of the molecule is CC(C)OC(=O)c1c(NC(=O)c2cnn3c2N[C@H](c2ccccc2)C[C@H]3C(F)(F)F)sc2c1CCCC2. The predicted molar refractivity (Wildman–Crippen MR) is 134 cm³/mol. The quantitative estimate of drug-likeness (QED) is 0.377. The maximum Gasteiger partial charge on any atom is 0.410 e. The molecular formula is C26H27F3N4O3S. The maximum atomic E-state index is 14.0. The van der Waals surface area contributed by atoms with Crippen molar-refractivity contribution in [2.24, 2.45) is 0 Å². The Balaban J connectivity index is 1.49. The summed E-state index contributed by atoms with van der Waals surface area (Å²) in [6, 6.07) is 6.26. The van der Waals surface area contributed by atoms with Crippen LogP contribution in [0.25, 0.3) is 0 Å². The van der Waals surface area contributed by atoms with E-state index in [0.29, 0.717) is 22.5 Å². The van der Waals surface area contributed by atoms with E-state index in [1.165, 1.54) is 11.3 Å². The minimum atomic E-state index is -4.55. The standard InChI is InChI=1S/C26H27F3N4O3S/c1-14(2)36-25(35)21-16-10-6-7-11-19(16)37-24(21)32-23(34)17-13-30-33-20(26(27,28)29)12-18(31-22(17)33)15-8-4-3-5-9-15/h3-5,8-9,13-14,18,20,31H,6-7,10-12H2,1-2H3,(H,32,34)/t18-,20-/m0/s1. The third-order valence-corrected chi connectivity index (χ3v) is 7.84. The molecule has 0 saturated carbocycles. The summed E-state index contributed by atoms with van der Waals surface area (Å²) in [6.07, 6.45) is -0.578. The smallest absolute Gasteiger partial charge is 0.410 e. The molecule has 5 rings (SSSR count). The third-order valence-electron chi connectivity index (χ3n) is 6.63. The van der Waals surface area contributed by atoms with Crippen LogP contribution in [0.5, 0.6) is 0 Å². The molecule has 0 spiro atoms. The average molecular weight is 533 g/mol. The van der Waals surface area contributed by atoms with E-state index >= 15 is 0 Å². The summed E-state index contributed by atoms with van der Waals surface area (Å²) in [4.78, 5) is 27.4. The summed E-state index contributed by atoms with van der Waals surface area (Å²) < 4.78 is 48.3. The van der Waals surface area contributed by atoms with E-state index in [1.54, 1.807) is 44.2 Å². The Morgan fingerprint density at radius 1 is 1.19 bits per heavy atom. The summed E-state index contributed by atoms with van der Waals surface area (Å²) in [5, 5.41) is 10.2. The molecule has 7 nitrogen and oxygen atoms in total. The highest BCUT2D eigenvalue weighted by molar-refractivity contribution is 7.17. The molecule has 0 unspecified atom stereocenters. The van der Waals surface area contributed by atoms with Gasteiger partial charge in [-0.3, -0.25) is 4.79 Å². The summed E-state index contributed by atoms with van der Waals surface area (Å²) >= 11 is 1.32. The van der Waals surface area contributed by atoms with Gasteiger partial charge in [-0.2, -0.15) is 18.3 Å². The van der Waals surface area contributed by atoms with Gasteiger partial charge in [0.25, 0.3) is 5.91 Å². The summed E-state index contributed by atoms with van der Waals surface area (Å²) in [5.74, 6) is -1.16. The van der Waals surface area contributed by atoms with Gasteiger partial charge in [0.15, 0.2) is 6.04 Å². The molecule has 37 heavy (non-hydrogen) atoms. The second-order valence-corrected chi connectivity index (χ2v) is 10.7. The molecule has 1 aromatic carbocycles. The molecule has 2 aliphatic rings. The molecule has 0 bridgehead atoms. The Morgan fingerprint density at radius 3 is 2.62 bits per heavy atom. The fourth-order valence-electron chi connectivity index (χ4n) is 4.95. The molecular weight excluding hydrogens is 505 g/mol. The Kier molecular flexibility index (Phi) is 6.74. The number of hydrogen-bond acceptors (Lipinski definition) is 6. The number of ether oxygens (including phenoxy) is 1. The lowest BCUT2D eigenvalue weighted by molar-refractivity contribution is -0.173. The van der Waals surface area contributed by atoms with Crippen molar-refractivity contribution in [3.63, 3.8) is 0 Å². The molecule has 1 amide bonds. The molecule has 3 heterocycles. The number of rotatable bonds is 5. The van der Waals surface area contributed by atoms with Gasteiger partial charge in [0, 0.05) is 11.3 Å². The number of fused-ring (bicyclic) bond motifs is 2. The van der Waals surface area contributed by atoms with E-state index in [-0.39, 0.29) is 23.9 Å². The van der Waals surface area contributed by atoms with E-state index < -0.39 is 30.1 Å². The Hall–Kier alpha value is -3.34. The van der Waals surface area contributed by atoms with E-state index in [9.17, 15) is 22.8 Å². The number of hydrogen-bond donors (Lipinski definition) is 2. The second kappa shape index (κ2) is 9.85. The Bertz CT molecular complexity index is 1320. The Labute approximate surface area is 216 Å². The summed E-state index contributed by atoms with van der Waals surface area (Å²) in [6.45, 7) is 3.50.